The molecule has 1 aliphatic heterocycles. The van der Waals surface area contributed by atoms with Crippen LogP contribution in [0.4, 0.5) is 5.69 Å². The third kappa shape index (κ3) is 5.17. The molecule has 1 saturated carbocycles. The van der Waals surface area contributed by atoms with Gasteiger partial charge in [0.1, 0.15) is 0 Å². The Morgan fingerprint density at radius 1 is 0.771 bits per heavy atom. The molecule has 0 spiro atoms. The monoisotopic (exact) mass is 489 g/mol. The fraction of sp³-hybridized carbons (Fsp3) is 0.321. The van der Waals surface area contributed by atoms with Crippen molar-refractivity contribution >= 4 is 45.8 Å². The fourth-order valence-corrected chi connectivity index (χ4v) is 5.22. The molecule has 5 rings (SSSR count). The molecule has 3 amide bonds. The van der Waals surface area contributed by atoms with Crippen LogP contribution in [-0.2, 0) is 4.79 Å². The smallest absolute Gasteiger partial charge is 0.251 e. The van der Waals surface area contributed by atoms with Gasteiger partial charge in [-0.3, -0.25) is 14.4 Å². The van der Waals surface area contributed by atoms with Crippen LogP contribution >= 0.6 is 11.6 Å². The van der Waals surface area contributed by atoms with E-state index in [1.165, 1.54) is 0 Å². The second-order valence-corrected chi connectivity index (χ2v) is 9.78. The molecular weight excluding hydrogens is 462 g/mol. The maximum absolute atomic E-state index is 12.9. The molecule has 2 aliphatic rings. The maximum atomic E-state index is 12.9. The highest BCUT2D eigenvalue weighted by Crippen LogP contribution is 2.24. The van der Waals surface area contributed by atoms with Crippen molar-refractivity contribution in [2.24, 2.45) is 0 Å². The van der Waals surface area contributed by atoms with Crippen LogP contribution in [-0.4, -0.2) is 36.3 Å². The highest BCUT2D eigenvalue weighted by atomic mass is 35.5. The minimum absolute atomic E-state index is 0.127. The van der Waals surface area contributed by atoms with Crippen LogP contribution in [0.15, 0.2) is 60.7 Å². The number of hydrogen-bond acceptors (Lipinski definition) is 3. The molecule has 0 bridgehead atoms. The zero-order valence-electron chi connectivity index (χ0n) is 19.4. The Bertz CT molecular complexity index is 1270. The predicted molar refractivity (Wildman–Crippen MR) is 138 cm³/mol. The summed E-state index contributed by atoms with van der Waals surface area (Å²) in [5.74, 6) is -0.188. The summed E-state index contributed by atoms with van der Waals surface area (Å²) in [6.45, 7) is 0.721. The third-order valence-electron chi connectivity index (χ3n) is 6.98. The van der Waals surface area contributed by atoms with Crippen LogP contribution in [0.25, 0.3) is 10.8 Å². The van der Waals surface area contributed by atoms with Crippen LogP contribution in [0.3, 0.4) is 0 Å². The topological polar surface area (TPSA) is 78.5 Å². The Balaban J connectivity index is 1.22. The van der Waals surface area contributed by atoms with Gasteiger partial charge >= 0.3 is 0 Å². The lowest BCUT2D eigenvalue weighted by Gasteiger charge is -2.27. The number of anilines is 1. The largest absolute Gasteiger partial charge is 0.347 e. The van der Waals surface area contributed by atoms with Gasteiger partial charge in [0.2, 0.25) is 5.91 Å². The molecule has 1 aliphatic carbocycles. The van der Waals surface area contributed by atoms with Crippen molar-refractivity contribution in [2.75, 3.05) is 11.4 Å². The molecule has 1 saturated heterocycles. The first-order valence-electron chi connectivity index (χ1n) is 12.2. The third-order valence-corrected chi connectivity index (χ3v) is 7.21. The summed E-state index contributed by atoms with van der Waals surface area (Å²) in [5.41, 5.74) is 1.96. The molecule has 6 nitrogen and oxygen atoms in total. The van der Waals surface area contributed by atoms with E-state index < -0.39 is 0 Å². The molecule has 1 heterocycles. The van der Waals surface area contributed by atoms with Gasteiger partial charge in [0.15, 0.2) is 0 Å². The number of carbonyl (C=O) groups excluding carboxylic acids is 3. The van der Waals surface area contributed by atoms with Gasteiger partial charge in [-0.2, -0.15) is 0 Å². The second-order valence-electron chi connectivity index (χ2n) is 9.35. The molecule has 2 unspecified atom stereocenters. The first-order valence-corrected chi connectivity index (χ1v) is 12.6. The van der Waals surface area contributed by atoms with E-state index in [1.54, 1.807) is 23.1 Å². The minimum Gasteiger partial charge on any atom is -0.347 e. The normalized spacial score (nSPS) is 20.1. The molecule has 2 fully saturated rings. The van der Waals surface area contributed by atoms with Crippen LogP contribution < -0.4 is 15.5 Å². The Hall–Kier alpha value is -3.38. The molecule has 2 atom stereocenters. The van der Waals surface area contributed by atoms with Gasteiger partial charge in [0.25, 0.3) is 11.8 Å². The average molecular weight is 490 g/mol. The quantitative estimate of drug-likeness (QED) is 0.524. The Morgan fingerprint density at radius 2 is 1.40 bits per heavy atom. The minimum atomic E-state index is -0.171. The average Bonchev–Trinajstić information content (AvgIpc) is 3.30. The van der Waals surface area contributed by atoms with Crippen molar-refractivity contribution in [3.05, 3.63) is 76.8 Å². The fourth-order valence-electron chi connectivity index (χ4n) is 5.04. The predicted octanol–water partition coefficient (Wildman–Crippen LogP) is 5.09. The van der Waals surface area contributed by atoms with E-state index in [1.807, 2.05) is 42.5 Å². The number of nitrogens with one attached hydrogen (secondary N) is 2. The lowest BCUT2D eigenvalue weighted by Crippen LogP contribution is -2.48. The van der Waals surface area contributed by atoms with Gasteiger partial charge in [0, 0.05) is 46.9 Å². The summed E-state index contributed by atoms with van der Waals surface area (Å²) in [4.78, 5) is 39.8. The highest BCUT2D eigenvalue weighted by Gasteiger charge is 2.30. The summed E-state index contributed by atoms with van der Waals surface area (Å²) in [7, 11) is 0. The van der Waals surface area contributed by atoms with Gasteiger partial charge < -0.3 is 15.5 Å². The van der Waals surface area contributed by atoms with E-state index in [9.17, 15) is 14.4 Å². The number of amides is 3. The number of piperidine rings is 1. The van der Waals surface area contributed by atoms with E-state index in [0.29, 0.717) is 22.6 Å². The number of carbonyl (C=O) groups is 3. The van der Waals surface area contributed by atoms with Crippen LogP contribution in [0.1, 0.15) is 59.2 Å². The number of hydrogen-bond donors (Lipinski definition) is 2. The van der Waals surface area contributed by atoms with Crippen molar-refractivity contribution in [2.45, 2.75) is 50.6 Å². The SMILES string of the molecule is O=C(NC1CCCC1NC(=O)c1ccc2cc(Cl)ccc2c1)c1ccc(N2CCCCC2=O)cc1. The van der Waals surface area contributed by atoms with E-state index in [-0.39, 0.29) is 29.8 Å². The zero-order valence-corrected chi connectivity index (χ0v) is 20.2. The molecule has 180 valence electrons. The first-order chi connectivity index (χ1) is 17.0. The second kappa shape index (κ2) is 10.1. The van der Waals surface area contributed by atoms with E-state index in [2.05, 4.69) is 10.6 Å². The Labute approximate surface area is 209 Å². The van der Waals surface area contributed by atoms with E-state index in [4.69, 9.17) is 11.6 Å². The summed E-state index contributed by atoms with van der Waals surface area (Å²) in [6.07, 6.45) is 5.07. The van der Waals surface area contributed by atoms with Gasteiger partial charge in [-0.25, -0.2) is 0 Å². The molecule has 7 heteroatoms. The van der Waals surface area contributed by atoms with Gasteiger partial charge in [0.05, 0.1) is 0 Å². The summed E-state index contributed by atoms with van der Waals surface area (Å²) in [6, 6.07) is 18.1. The molecule has 0 radical (unpaired) electrons. The number of benzene rings is 3. The summed E-state index contributed by atoms with van der Waals surface area (Å²) in [5, 5.41) is 8.80. The zero-order chi connectivity index (χ0) is 24.4. The maximum Gasteiger partial charge on any atom is 0.251 e. The first kappa shape index (κ1) is 23.4. The van der Waals surface area contributed by atoms with Crippen LogP contribution in [0, 0.1) is 0 Å². The van der Waals surface area contributed by atoms with Crippen LogP contribution in [0.5, 0.6) is 0 Å². The molecule has 35 heavy (non-hydrogen) atoms. The van der Waals surface area contributed by atoms with E-state index >= 15 is 0 Å². The highest BCUT2D eigenvalue weighted by molar-refractivity contribution is 6.31. The number of fused-ring (bicyclic) bond motifs is 1. The van der Waals surface area contributed by atoms with Gasteiger partial charge in [-0.05, 0) is 91.4 Å². The molecule has 0 aromatic heterocycles. The van der Waals surface area contributed by atoms with Crippen molar-refractivity contribution < 1.29 is 14.4 Å². The number of rotatable bonds is 5. The molecular formula is C28H28ClN3O3. The van der Waals surface area contributed by atoms with Crippen LogP contribution in [0.2, 0.25) is 5.02 Å². The number of nitrogens with zero attached hydrogens (tertiary/aromatic N) is 1. The number of halogens is 1. The Morgan fingerprint density at radius 3 is 2.11 bits per heavy atom. The molecule has 3 aromatic rings. The van der Waals surface area contributed by atoms with E-state index in [0.717, 1.165) is 55.1 Å². The molecule has 2 N–H and O–H groups in total. The van der Waals surface area contributed by atoms with Crippen molar-refractivity contribution in [1.82, 2.24) is 10.6 Å². The van der Waals surface area contributed by atoms with Gasteiger partial charge in [-0.15, -0.1) is 0 Å². The van der Waals surface area contributed by atoms with Crippen molar-refractivity contribution in [3.63, 3.8) is 0 Å². The summed E-state index contributed by atoms with van der Waals surface area (Å²) < 4.78 is 0. The lowest BCUT2D eigenvalue weighted by molar-refractivity contribution is -0.119. The molecule has 3 aromatic carbocycles. The standard InChI is InChI=1S/C28H28ClN3O3/c29-22-12-9-19-16-21(8-7-20(19)17-22)28(35)31-25-5-3-4-24(25)30-27(34)18-10-13-23(14-11-18)32-15-2-1-6-26(32)33/h7-14,16-17,24-25H,1-6,15H2,(H,30,34)(H,31,35). The van der Waals surface area contributed by atoms with Crippen molar-refractivity contribution in [1.29, 1.82) is 0 Å². The van der Waals surface area contributed by atoms with Crippen molar-refractivity contribution in [3.8, 4) is 0 Å². The van der Waals surface area contributed by atoms with Gasteiger partial charge in [-0.1, -0.05) is 23.7 Å². The Kier molecular flexibility index (Phi) is 6.73. The summed E-state index contributed by atoms with van der Waals surface area (Å²) >= 11 is 6.06. The lowest BCUT2D eigenvalue weighted by atomic mass is 10.1.